The zero-order valence-corrected chi connectivity index (χ0v) is 8.28. The monoisotopic (exact) mass is 177 g/mol. The number of aryl methyl sites for hydroxylation is 1. The minimum atomic E-state index is -0.119. The Hall–Kier alpha value is -1.22. The maximum Gasteiger partial charge on any atom is 0.125 e. The molecule has 0 aliphatic carbocycles. The Labute approximate surface area is 78.7 Å². The van der Waals surface area contributed by atoms with Crippen molar-refractivity contribution < 1.29 is 0 Å². The van der Waals surface area contributed by atoms with E-state index in [1.807, 2.05) is 32.9 Å². The molecule has 0 saturated heterocycles. The Balaban J connectivity index is 2.89. The second-order valence-corrected chi connectivity index (χ2v) is 3.30. The van der Waals surface area contributed by atoms with Crippen molar-refractivity contribution in [2.24, 2.45) is 5.73 Å². The van der Waals surface area contributed by atoms with E-state index in [-0.39, 0.29) is 6.04 Å². The predicted octanol–water partition coefficient (Wildman–Crippen LogP) is 1.75. The average Bonchev–Trinajstić information content (AvgIpc) is 2.03. The summed E-state index contributed by atoms with van der Waals surface area (Å²) in [7, 11) is 0. The molecule has 70 valence electrons. The van der Waals surface area contributed by atoms with Gasteiger partial charge >= 0.3 is 0 Å². The lowest BCUT2D eigenvalue weighted by atomic mass is 10.1. The fourth-order valence-electron chi connectivity index (χ4n) is 1.10. The molecule has 0 spiro atoms. The molecule has 0 aliphatic rings. The average molecular weight is 177 g/mol. The summed E-state index contributed by atoms with van der Waals surface area (Å²) in [6.07, 6.45) is 3.72. The van der Waals surface area contributed by atoms with Gasteiger partial charge in [-0.2, -0.15) is 0 Å². The van der Waals surface area contributed by atoms with Crippen LogP contribution in [0, 0.1) is 6.92 Å². The van der Waals surface area contributed by atoms with Crippen LogP contribution >= 0.6 is 0 Å². The number of rotatable bonds is 2. The Bertz CT molecular complexity index is 314. The summed E-state index contributed by atoms with van der Waals surface area (Å²) in [6, 6.07) is 1.73. The van der Waals surface area contributed by atoms with Crippen LogP contribution < -0.4 is 5.73 Å². The largest absolute Gasteiger partial charge is 0.319 e. The van der Waals surface area contributed by atoms with Crippen LogP contribution in [0.5, 0.6) is 0 Å². The van der Waals surface area contributed by atoms with E-state index in [0.29, 0.717) is 0 Å². The summed E-state index contributed by atoms with van der Waals surface area (Å²) in [5.74, 6) is 0.759. The minimum absolute atomic E-state index is 0.119. The molecule has 3 nitrogen and oxygen atoms in total. The van der Waals surface area contributed by atoms with E-state index in [2.05, 4.69) is 9.97 Å². The van der Waals surface area contributed by atoms with Crippen LogP contribution in [0.3, 0.4) is 0 Å². The molecule has 1 atom stereocenters. The van der Waals surface area contributed by atoms with Crippen molar-refractivity contribution in [1.82, 2.24) is 9.97 Å². The van der Waals surface area contributed by atoms with Crippen LogP contribution in [0.1, 0.15) is 31.4 Å². The normalized spacial score (nSPS) is 12.3. The lowest BCUT2D eigenvalue weighted by Crippen LogP contribution is -2.10. The molecular weight excluding hydrogens is 162 g/mol. The lowest BCUT2D eigenvalue weighted by Gasteiger charge is -2.06. The number of aromatic nitrogens is 2. The zero-order chi connectivity index (χ0) is 9.84. The molecule has 0 saturated carbocycles. The third-order valence-corrected chi connectivity index (χ3v) is 1.65. The van der Waals surface area contributed by atoms with Crippen LogP contribution in [-0.4, -0.2) is 9.97 Å². The first-order valence-corrected chi connectivity index (χ1v) is 4.30. The van der Waals surface area contributed by atoms with E-state index in [4.69, 9.17) is 5.73 Å². The number of hydrogen-bond acceptors (Lipinski definition) is 3. The van der Waals surface area contributed by atoms with Crippen molar-refractivity contribution >= 4 is 0 Å². The van der Waals surface area contributed by atoms with Gasteiger partial charge in [-0.1, -0.05) is 11.6 Å². The van der Waals surface area contributed by atoms with Crippen molar-refractivity contribution in [2.75, 3.05) is 0 Å². The third-order valence-electron chi connectivity index (χ3n) is 1.65. The molecule has 1 rings (SSSR count). The number of nitrogens with zero attached hydrogens (tertiary/aromatic N) is 2. The van der Waals surface area contributed by atoms with Gasteiger partial charge in [0.1, 0.15) is 5.82 Å². The van der Waals surface area contributed by atoms with Crippen molar-refractivity contribution in [3.8, 4) is 0 Å². The standard InChI is InChI=1S/C10H15N3/c1-7(2)6-9(11)10-4-5-12-8(3)13-10/h4-6,9H,11H2,1-3H3. The highest BCUT2D eigenvalue weighted by molar-refractivity contribution is 5.15. The predicted molar refractivity (Wildman–Crippen MR) is 53.1 cm³/mol. The van der Waals surface area contributed by atoms with E-state index < -0.39 is 0 Å². The summed E-state index contributed by atoms with van der Waals surface area (Å²) in [4.78, 5) is 8.26. The van der Waals surface area contributed by atoms with Gasteiger partial charge in [0.15, 0.2) is 0 Å². The Morgan fingerprint density at radius 1 is 1.54 bits per heavy atom. The Morgan fingerprint density at radius 2 is 2.23 bits per heavy atom. The quantitative estimate of drug-likeness (QED) is 0.700. The van der Waals surface area contributed by atoms with Gasteiger partial charge in [0.25, 0.3) is 0 Å². The van der Waals surface area contributed by atoms with Gasteiger partial charge in [0.05, 0.1) is 11.7 Å². The summed E-state index contributed by atoms with van der Waals surface area (Å²) >= 11 is 0. The second-order valence-electron chi connectivity index (χ2n) is 3.30. The van der Waals surface area contributed by atoms with Crippen LogP contribution in [0.25, 0.3) is 0 Å². The SMILES string of the molecule is CC(C)=CC(N)c1ccnc(C)n1. The van der Waals surface area contributed by atoms with Crippen molar-refractivity contribution in [3.05, 3.63) is 35.4 Å². The number of hydrogen-bond donors (Lipinski definition) is 1. The third kappa shape index (κ3) is 2.95. The molecule has 2 N–H and O–H groups in total. The maximum absolute atomic E-state index is 5.90. The van der Waals surface area contributed by atoms with Gasteiger partial charge in [-0.15, -0.1) is 0 Å². The van der Waals surface area contributed by atoms with Crippen LogP contribution in [0.4, 0.5) is 0 Å². The summed E-state index contributed by atoms with van der Waals surface area (Å²) in [5.41, 5.74) is 7.97. The first-order valence-electron chi connectivity index (χ1n) is 4.30. The van der Waals surface area contributed by atoms with E-state index in [1.54, 1.807) is 6.20 Å². The summed E-state index contributed by atoms with van der Waals surface area (Å²) < 4.78 is 0. The molecule has 0 aromatic carbocycles. The highest BCUT2D eigenvalue weighted by atomic mass is 14.9. The zero-order valence-electron chi connectivity index (χ0n) is 8.28. The van der Waals surface area contributed by atoms with Gasteiger partial charge < -0.3 is 5.73 Å². The molecule has 0 radical (unpaired) electrons. The van der Waals surface area contributed by atoms with Gasteiger partial charge in [-0.3, -0.25) is 0 Å². The highest BCUT2D eigenvalue weighted by Crippen LogP contribution is 2.09. The van der Waals surface area contributed by atoms with Crippen LogP contribution in [-0.2, 0) is 0 Å². The molecule has 0 aliphatic heterocycles. The molecule has 1 heterocycles. The van der Waals surface area contributed by atoms with Gasteiger partial charge in [-0.25, -0.2) is 9.97 Å². The smallest absolute Gasteiger partial charge is 0.125 e. The first kappa shape index (κ1) is 9.86. The van der Waals surface area contributed by atoms with Crippen molar-refractivity contribution in [2.45, 2.75) is 26.8 Å². The fraction of sp³-hybridized carbons (Fsp3) is 0.400. The van der Waals surface area contributed by atoms with Gasteiger partial charge in [-0.05, 0) is 26.8 Å². The Kier molecular flexibility index (Phi) is 3.14. The molecule has 1 unspecified atom stereocenters. The van der Waals surface area contributed by atoms with Gasteiger partial charge in [0.2, 0.25) is 0 Å². The summed E-state index contributed by atoms with van der Waals surface area (Å²) in [5, 5.41) is 0. The molecule has 1 aromatic heterocycles. The van der Waals surface area contributed by atoms with E-state index in [0.717, 1.165) is 11.5 Å². The molecule has 3 heteroatoms. The molecular formula is C10H15N3. The molecule has 13 heavy (non-hydrogen) atoms. The molecule has 0 bridgehead atoms. The first-order chi connectivity index (χ1) is 6.09. The van der Waals surface area contributed by atoms with Gasteiger partial charge in [0, 0.05) is 6.20 Å². The van der Waals surface area contributed by atoms with Crippen LogP contribution in [0.15, 0.2) is 23.9 Å². The topological polar surface area (TPSA) is 51.8 Å². The van der Waals surface area contributed by atoms with E-state index in [9.17, 15) is 0 Å². The Morgan fingerprint density at radius 3 is 2.77 bits per heavy atom. The highest BCUT2D eigenvalue weighted by Gasteiger charge is 2.03. The molecule has 0 fully saturated rings. The van der Waals surface area contributed by atoms with Crippen LogP contribution in [0.2, 0.25) is 0 Å². The minimum Gasteiger partial charge on any atom is -0.319 e. The van der Waals surface area contributed by atoms with Crippen molar-refractivity contribution in [1.29, 1.82) is 0 Å². The maximum atomic E-state index is 5.90. The molecule has 0 amide bonds. The number of allylic oxidation sites excluding steroid dienone is 1. The summed E-state index contributed by atoms with van der Waals surface area (Å²) in [6.45, 7) is 5.90. The molecule has 1 aromatic rings. The van der Waals surface area contributed by atoms with Crippen molar-refractivity contribution in [3.63, 3.8) is 0 Å². The van der Waals surface area contributed by atoms with E-state index >= 15 is 0 Å². The fourth-order valence-corrected chi connectivity index (χ4v) is 1.10. The lowest BCUT2D eigenvalue weighted by molar-refractivity contribution is 0.827. The number of nitrogens with two attached hydrogens (primary N) is 1. The van der Waals surface area contributed by atoms with E-state index in [1.165, 1.54) is 5.57 Å². The second kappa shape index (κ2) is 4.14.